The van der Waals surface area contributed by atoms with E-state index in [1.165, 1.54) is 16.2 Å². The van der Waals surface area contributed by atoms with Crippen LogP contribution in [0.2, 0.25) is 0 Å². The van der Waals surface area contributed by atoms with Crippen molar-refractivity contribution in [3.05, 3.63) is 64.5 Å². The normalized spacial score (nSPS) is 18.5. The lowest BCUT2D eigenvalue weighted by Crippen LogP contribution is -2.29. The molecule has 1 aliphatic carbocycles. The van der Waals surface area contributed by atoms with E-state index in [2.05, 4.69) is 23.5 Å². The summed E-state index contributed by atoms with van der Waals surface area (Å²) in [6, 6.07) is 8.75. The van der Waals surface area contributed by atoms with Crippen molar-refractivity contribution >= 4 is 34.3 Å². The number of benzene rings is 1. The van der Waals surface area contributed by atoms with Crippen LogP contribution in [-0.4, -0.2) is 53.4 Å². The second-order valence-electron chi connectivity index (χ2n) is 8.91. The Hall–Kier alpha value is -2.64. The summed E-state index contributed by atoms with van der Waals surface area (Å²) in [6.45, 7) is 6.76. The molecule has 1 unspecified atom stereocenters. The van der Waals surface area contributed by atoms with Gasteiger partial charge in [0, 0.05) is 35.6 Å². The molecule has 0 bridgehead atoms. The van der Waals surface area contributed by atoms with E-state index < -0.39 is 0 Å². The molecule has 6 nitrogen and oxygen atoms in total. The Morgan fingerprint density at radius 2 is 2.09 bits per heavy atom. The Morgan fingerprint density at radius 3 is 2.94 bits per heavy atom. The van der Waals surface area contributed by atoms with E-state index in [0.29, 0.717) is 23.1 Å². The number of nitrogens with zero attached hydrogens (tertiary/aromatic N) is 2. The number of ether oxygens (including phenoxy) is 1. The van der Waals surface area contributed by atoms with Gasteiger partial charge in [-0.3, -0.25) is 14.6 Å². The molecule has 1 aliphatic heterocycles. The number of thioether (sulfide) groups is 1. The van der Waals surface area contributed by atoms with Crippen molar-refractivity contribution in [2.45, 2.75) is 38.4 Å². The zero-order valence-corrected chi connectivity index (χ0v) is 20.8. The first-order chi connectivity index (χ1) is 16.5. The van der Waals surface area contributed by atoms with Gasteiger partial charge >= 0.3 is 0 Å². The van der Waals surface area contributed by atoms with Gasteiger partial charge in [0.2, 0.25) is 5.91 Å². The first-order valence-corrected chi connectivity index (χ1v) is 13.2. The molecule has 180 valence electrons. The number of carbonyl (C=O) groups excluding carboxylic acids is 1. The van der Waals surface area contributed by atoms with Crippen LogP contribution in [0, 0.1) is 5.92 Å². The van der Waals surface area contributed by atoms with Crippen molar-refractivity contribution in [2.75, 3.05) is 32.0 Å². The van der Waals surface area contributed by atoms with Gasteiger partial charge in [0.1, 0.15) is 5.75 Å². The number of hydrogen-bond acceptors (Lipinski definition) is 6. The molecule has 0 saturated carbocycles. The molecular weight excluding hydrogens is 446 g/mol. The van der Waals surface area contributed by atoms with Crippen LogP contribution < -0.4 is 15.6 Å². The van der Waals surface area contributed by atoms with Crippen molar-refractivity contribution in [2.24, 2.45) is 10.9 Å². The second kappa shape index (κ2) is 11.7. The summed E-state index contributed by atoms with van der Waals surface area (Å²) in [5.74, 6) is 1.31. The SMILES string of the molecule is CC(C)C(=O)n1c(=O)ccc2ccc(OCCCCNCCN=C3C=CCC4SCC=C34)cc21. The van der Waals surface area contributed by atoms with Gasteiger partial charge in [-0.2, -0.15) is 0 Å². The third-order valence-corrected chi connectivity index (χ3v) is 7.25. The van der Waals surface area contributed by atoms with Gasteiger partial charge in [-0.1, -0.05) is 26.0 Å². The summed E-state index contributed by atoms with van der Waals surface area (Å²) in [5, 5.41) is 4.91. The Labute approximate surface area is 205 Å². The second-order valence-corrected chi connectivity index (χ2v) is 10.1. The minimum atomic E-state index is -0.308. The summed E-state index contributed by atoms with van der Waals surface area (Å²) in [7, 11) is 0. The van der Waals surface area contributed by atoms with E-state index in [4.69, 9.17) is 9.73 Å². The number of aliphatic imine (C=N–C) groups is 1. The highest BCUT2D eigenvalue weighted by molar-refractivity contribution is 8.00. The van der Waals surface area contributed by atoms with Crippen molar-refractivity contribution < 1.29 is 9.53 Å². The van der Waals surface area contributed by atoms with Crippen molar-refractivity contribution in [1.29, 1.82) is 0 Å². The number of unbranched alkanes of at least 4 members (excludes halogenated alkanes) is 1. The van der Waals surface area contributed by atoms with Crippen LogP contribution in [0.25, 0.3) is 10.9 Å². The monoisotopic (exact) mass is 479 g/mol. The molecule has 7 heteroatoms. The summed E-state index contributed by atoms with van der Waals surface area (Å²) in [5.41, 5.74) is 2.87. The lowest BCUT2D eigenvalue weighted by molar-refractivity contribution is 0.0856. The summed E-state index contributed by atoms with van der Waals surface area (Å²) in [6.07, 6.45) is 9.78. The molecule has 0 radical (unpaired) electrons. The predicted molar refractivity (Wildman–Crippen MR) is 142 cm³/mol. The average Bonchev–Trinajstić information content (AvgIpc) is 3.32. The third-order valence-electron chi connectivity index (χ3n) is 6.04. The lowest BCUT2D eigenvalue weighted by atomic mass is 9.98. The highest BCUT2D eigenvalue weighted by Gasteiger charge is 2.24. The minimum Gasteiger partial charge on any atom is -0.494 e. The van der Waals surface area contributed by atoms with Crippen LogP contribution in [0.5, 0.6) is 5.75 Å². The van der Waals surface area contributed by atoms with E-state index in [9.17, 15) is 9.59 Å². The molecule has 34 heavy (non-hydrogen) atoms. The van der Waals surface area contributed by atoms with Crippen LogP contribution >= 0.6 is 11.8 Å². The number of pyridine rings is 1. The van der Waals surface area contributed by atoms with Gasteiger partial charge < -0.3 is 10.1 Å². The van der Waals surface area contributed by atoms with Gasteiger partial charge in [0.15, 0.2) is 0 Å². The average molecular weight is 480 g/mol. The van der Waals surface area contributed by atoms with Gasteiger partial charge in [0.05, 0.1) is 24.4 Å². The quantitative estimate of drug-likeness (QED) is 0.509. The number of hydrogen-bond donors (Lipinski definition) is 1. The van der Waals surface area contributed by atoms with E-state index in [1.807, 2.05) is 23.9 Å². The first kappa shape index (κ1) is 24.5. The van der Waals surface area contributed by atoms with Gasteiger partial charge in [-0.15, -0.1) is 11.8 Å². The zero-order chi connectivity index (χ0) is 23.9. The molecule has 0 saturated heterocycles. The fraction of sp³-hybridized carbons (Fsp3) is 0.444. The Kier molecular flexibility index (Phi) is 8.40. The molecule has 1 aromatic carbocycles. The molecule has 0 amide bonds. The summed E-state index contributed by atoms with van der Waals surface area (Å²) >= 11 is 2.01. The number of aromatic nitrogens is 1. The molecule has 2 aliphatic rings. The standard InChI is InChI=1S/C27H33N3O3S/c1-19(2)27(32)30-24-18-21(10-8-20(24)9-11-26(30)31)33-16-4-3-13-28-14-15-29-23-6-5-7-25-22(23)12-17-34-25/h5-6,8-12,18-19,25,28H,3-4,7,13-17H2,1-2H3. The molecule has 4 rings (SSSR count). The summed E-state index contributed by atoms with van der Waals surface area (Å²) in [4.78, 5) is 29.6. The van der Waals surface area contributed by atoms with Gasteiger partial charge in [0.25, 0.3) is 5.56 Å². The fourth-order valence-corrected chi connectivity index (χ4v) is 5.35. The number of carbonyl (C=O) groups is 1. The smallest absolute Gasteiger partial charge is 0.257 e. The maximum Gasteiger partial charge on any atom is 0.257 e. The zero-order valence-electron chi connectivity index (χ0n) is 20.0. The highest BCUT2D eigenvalue weighted by Crippen LogP contribution is 2.33. The molecule has 1 aromatic heterocycles. The predicted octanol–water partition coefficient (Wildman–Crippen LogP) is 4.49. The lowest BCUT2D eigenvalue weighted by Gasteiger charge is -2.17. The largest absolute Gasteiger partial charge is 0.494 e. The molecule has 0 spiro atoms. The van der Waals surface area contributed by atoms with Crippen LogP contribution in [0.15, 0.2) is 63.9 Å². The van der Waals surface area contributed by atoms with E-state index in [0.717, 1.165) is 55.7 Å². The number of allylic oxidation sites excluding steroid dienone is 2. The number of rotatable bonds is 10. The third kappa shape index (κ3) is 5.88. The molecule has 0 fully saturated rings. The molecular formula is C27H33N3O3S. The van der Waals surface area contributed by atoms with E-state index in [1.54, 1.807) is 26.0 Å². The molecule has 1 atom stereocenters. The van der Waals surface area contributed by atoms with Crippen LogP contribution in [0.4, 0.5) is 0 Å². The Bertz CT molecular complexity index is 1180. The summed E-state index contributed by atoms with van der Waals surface area (Å²) < 4.78 is 7.16. The maximum atomic E-state index is 12.5. The Morgan fingerprint density at radius 1 is 1.24 bits per heavy atom. The van der Waals surface area contributed by atoms with Crippen LogP contribution in [0.3, 0.4) is 0 Å². The Balaban J connectivity index is 1.20. The van der Waals surface area contributed by atoms with E-state index in [-0.39, 0.29) is 17.4 Å². The van der Waals surface area contributed by atoms with Crippen molar-refractivity contribution in [3.8, 4) is 5.75 Å². The van der Waals surface area contributed by atoms with Gasteiger partial charge in [-0.05, 0) is 61.0 Å². The minimum absolute atomic E-state index is 0.206. The van der Waals surface area contributed by atoms with Crippen molar-refractivity contribution in [3.63, 3.8) is 0 Å². The van der Waals surface area contributed by atoms with Crippen LogP contribution in [-0.2, 0) is 0 Å². The van der Waals surface area contributed by atoms with Gasteiger partial charge in [-0.25, -0.2) is 4.57 Å². The topological polar surface area (TPSA) is 72.7 Å². The number of nitrogens with one attached hydrogen (secondary N) is 1. The molecule has 2 heterocycles. The first-order valence-electron chi connectivity index (χ1n) is 12.1. The maximum absolute atomic E-state index is 12.5. The van der Waals surface area contributed by atoms with Crippen LogP contribution in [0.1, 0.15) is 37.9 Å². The fourth-order valence-electron chi connectivity index (χ4n) is 4.19. The number of fused-ring (bicyclic) bond motifs is 2. The highest BCUT2D eigenvalue weighted by atomic mass is 32.2. The molecule has 2 aromatic rings. The van der Waals surface area contributed by atoms with E-state index >= 15 is 0 Å². The molecule has 1 N–H and O–H groups in total. The van der Waals surface area contributed by atoms with Crippen molar-refractivity contribution in [1.82, 2.24) is 9.88 Å².